The van der Waals surface area contributed by atoms with E-state index in [1.165, 1.54) is 24.7 Å². The number of nitriles is 1. The molecule has 7 nitrogen and oxygen atoms in total. The van der Waals surface area contributed by atoms with Crippen molar-refractivity contribution < 1.29 is 17.4 Å². The van der Waals surface area contributed by atoms with E-state index in [4.69, 9.17) is 5.26 Å². The molecule has 1 atom stereocenters. The summed E-state index contributed by atoms with van der Waals surface area (Å²) in [5.74, 6) is -0.312. The molecule has 21 heavy (non-hydrogen) atoms. The summed E-state index contributed by atoms with van der Waals surface area (Å²) < 4.78 is 49.2. The van der Waals surface area contributed by atoms with Gasteiger partial charge in [-0.1, -0.05) is 0 Å². The van der Waals surface area contributed by atoms with Crippen molar-refractivity contribution in [3.8, 4) is 6.07 Å². The molecule has 1 unspecified atom stereocenters. The number of hydrogen-bond donors (Lipinski definition) is 2. The van der Waals surface area contributed by atoms with Gasteiger partial charge in [0.2, 0.25) is 0 Å². The van der Waals surface area contributed by atoms with Crippen LogP contribution in [0.2, 0.25) is 0 Å². The third-order valence-corrected chi connectivity index (χ3v) is 3.47. The molecule has 0 saturated heterocycles. The van der Waals surface area contributed by atoms with Gasteiger partial charge in [-0.25, -0.2) is 4.21 Å². The van der Waals surface area contributed by atoms with E-state index < -0.39 is 26.9 Å². The quantitative estimate of drug-likeness (QED) is 0.880. The summed E-state index contributed by atoms with van der Waals surface area (Å²) in [6, 6.07) is 1.49. The van der Waals surface area contributed by atoms with Gasteiger partial charge in [-0.15, -0.1) is 0 Å². The molecule has 0 fully saturated rings. The van der Waals surface area contributed by atoms with Crippen molar-refractivity contribution in [3.05, 3.63) is 30.0 Å². The predicted molar refractivity (Wildman–Crippen MR) is 65.1 cm³/mol. The Morgan fingerprint density at radius 1 is 1.43 bits per heavy atom. The summed E-state index contributed by atoms with van der Waals surface area (Å²) in [6.07, 6.45) is 4.26. The lowest BCUT2D eigenvalue weighted by Gasteiger charge is -2.08. The van der Waals surface area contributed by atoms with Crippen LogP contribution >= 0.6 is 0 Å². The van der Waals surface area contributed by atoms with Crippen LogP contribution in [0, 0.1) is 11.3 Å². The van der Waals surface area contributed by atoms with Crippen LogP contribution in [-0.2, 0) is 17.3 Å². The molecule has 2 rings (SSSR count). The number of H-pyrrole nitrogens is 1. The standard InChI is InChI=1S/C10H7F3N6OS/c11-10(12,13)21(20)8-7(3-14)18-19-9(8)17-5-6-4-15-1-2-16-6/h1-2,4H,5H2,(H2,17,18,19). The molecule has 110 valence electrons. The van der Waals surface area contributed by atoms with Crippen LogP contribution in [0.15, 0.2) is 23.5 Å². The zero-order valence-corrected chi connectivity index (χ0v) is 11.0. The number of hydrogen-bond acceptors (Lipinski definition) is 6. The Morgan fingerprint density at radius 2 is 2.19 bits per heavy atom. The van der Waals surface area contributed by atoms with Gasteiger partial charge in [0, 0.05) is 12.4 Å². The summed E-state index contributed by atoms with van der Waals surface area (Å²) in [5, 5.41) is 17.0. The Hall–Kier alpha value is -2.48. The van der Waals surface area contributed by atoms with Gasteiger partial charge in [-0.3, -0.25) is 15.1 Å². The van der Waals surface area contributed by atoms with Crippen molar-refractivity contribution in [1.29, 1.82) is 5.26 Å². The molecule has 2 aromatic rings. The highest BCUT2D eigenvalue weighted by molar-refractivity contribution is 7.86. The molecule has 0 amide bonds. The van der Waals surface area contributed by atoms with Crippen LogP contribution in [0.3, 0.4) is 0 Å². The molecule has 0 aliphatic carbocycles. The van der Waals surface area contributed by atoms with Crippen molar-refractivity contribution >= 4 is 16.6 Å². The van der Waals surface area contributed by atoms with Crippen molar-refractivity contribution in [3.63, 3.8) is 0 Å². The van der Waals surface area contributed by atoms with Gasteiger partial charge in [0.1, 0.15) is 11.0 Å². The highest BCUT2D eigenvalue weighted by Gasteiger charge is 2.41. The van der Waals surface area contributed by atoms with Crippen LogP contribution in [0.25, 0.3) is 0 Å². The number of nitrogens with one attached hydrogen (secondary N) is 2. The van der Waals surface area contributed by atoms with Gasteiger partial charge < -0.3 is 5.32 Å². The zero-order valence-electron chi connectivity index (χ0n) is 10.2. The molecule has 0 spiro atoms. The van der Waals surface area contributed by atoms with E-state index in [0.717, 1.165) is 0 Å². The smallest absolute Gasteiger partial charge is 0.362 e. The van der Waals surface area contributed by atoms with Gasteiger partial charge in [0.05, 0.1) is 18.4 Å². The lowest BCUT2D eigenvalue weighted by atomic mass is 10.4. The van der Waals surface area contributed by atoms with E-state index >= 15 is 0 Å². The minimum absolute atomic E-state index is 0.0195. The maximum Gasteiger partial charge on any atom is 0.476 e. The number of halogens is 3. The first-order chi connectivity index (χ1) is 9.93. The SMILES string of the molecule is N#Cc1[nH]nc(NCc2cnccn2)c1S(=O)C(F)(F)F. The Morgan fingerprint density at radius 3 is 2.76 bits per heavy atom. The minimum atomic E-state index is -4.99. The number of aromatic nitrogens is 4. The van der Waals surface area contributed by atoms with Crippen LogP contribution in [-0.4, -0.2) is 29.9 Å². The average molecular weight is 316 g/mol. The number of rotatable bonds is 4. The van der Waals surface area contributed by atoms with Crippen molar-refractivity contribution in [2.75, 3.05) is 5.32 Å². The molecule has 2 N–H and O–H groups in total. The van der Waals surface area contributed by atoms with Crippen molar-refractivity contribution in [2.45, 2.75) is 16.9 Å². The molecular formula is C10H7F3N6OS. The summed E-state index contributed by atoms with van der Waals surface area (Å²) in [5.41, 5.74) is -5.05. The second kappa shape index (κ2) is 5.88. The normalized spacial score (nSPS) is 12.7. The number of nitrogens with zero attached hydrogens (tertiary/aromatic N) is 4. The molecule has 0 radical (unpaired) electrons. The highest BCUT2D eigenvalue weighted by Crippen LogP contribution is 2.31. The maximum atomic E-state index is 12.6. The lowest BCUT2D eigenvalue weighted by molar-refractivity contribution is -0.0384. The lowest BCUT2D eigenvalue weighted by Crippen LogP contribution is -2.18. The number of anilines is 1. The fourth-order valence-electron chi connectivity index (χ4n) is 1.42. The van der Waals surface area contributed by atoms with Gasteiger partial charge in [-0.2, -0.15) is 23.5 Å². The van der Waals surface area contributed by atoms with Crippen molar-refractivity contribution in [1.82, 2.24) is 20.2 Å². The third-order valence-electron chi connectivity index (χ3n) is 2.28. The summed E-state index contributed by atoms with van der Waals surface area (Å²) in [6.45, 7) is 0.0195. The third kappa shape index (κ3) is 3.34. The van der Waals surface area contributed by atoms with E-state index in [1.54, 1.807) is 0 Å². The van der Waals surface area contributed by atoms with E-state index in [0.29, 0.717) is 5.69 Å². The molecule has 2 aromatic heterocycles. The Labute approximate surface area is 118 Å². The monoisotopic (exact) mass is 316 g/mol. The van der Waals surface area contributed by atoms with Crippen molar-refractivity contribution in [2.24, 2.45) is 0 Å². The fourth-order valence-corrected chi connectivity index (χ4v) is 2.22. The van der Waals surface area contributed by atoms with Gasteiger partial charge in [-0.05, 0) is 0 Å². The predicted octanol–water partition coefficient (Wildman–Crippen LogP) is 1.31. The molecule has 11 heteroatoms. The summed E-state index contributed by atoms with van der Waals surface area (Å²) in [7, 11) is -3.37. The largest absolute Gasteiger partial charge is 0.476 e. The van der Waals surface area contributed by atoms with E-state index in [9.17, 15) is 17.4 Å². The van der Waals surface area contributed by atoms with Gasteiger partial charge in [0.25, 0.3) is 0 Å². The number of alkyl halides is 3. The van der Waals surface area contributed by atoms with Gasteiger partial charge >= 0.3 is 5.51 Å². The first-order valence-electron chi connectivity index (χ1n) is 5.39. The highest BCUT2D eigenvalue weighted by atomic mass is 32.2. The van der Waals surface area contributed by atoms with E-state index in [1.807, 2.05) is 0 Å². The first kappa shape index (κ1) is 14.9. The van der Waals surface area contributed by atoms with Crippen LogP contribution in [0.1, 0.15) is 11.4 Å². The summed E-state index contributed by atoms with van der Waals surface area (Å²) >= 11 is 0. The summed E-state index contributed by atoms with van der Waals surface area (Å²) in [4.78, 5) is 6.98. The van der Waals surface area contributed by atoms with E-state index in [-0.39, 0.29) is 12.4 Å². The second-order valence-corrected chi connectivity index (χ2v) is 5.06. The topological polar surface area (TPSA) is 107 Å². The fraction of sp³-hybridized carbons (Fsp3) is 0.200. The average Bonchev–Trinajstić information content (AvgIpc) is 2.87. The number of aromatic amines is 1. The zero-order chi connectivity index (χ0) is 15.5. The maximum absolute atomic E-state index is 12.6. The Bertz CT molecular complexity index is 693. The van der Waals surface area contributed by atoms with Gasteiger partial charge in [0.15, 0.2) is 22.3 Å². The molecule has 0 aromatic carbocycles. The molecule has 2 heterocycles. The molecule has 0 saturated carbocycles. The second-order valence-electron chi connectivity index (χ2n) is 3.65. The first-order valence-corrected chi connectivity index (χ1v) is 6.54. The van der Waals surface area contributed by atoms with Crippen LogP contribution in [0.5, 0.6) is 0 Å². The molecule has 0 bridgehead atoms. The Balaban J connectivity index is 2.27. The Kier molecular flexibility index (Phi) is 4.18. The molecular weight excluding hydrogens is 309 g/mol. The minimum Gasteiger partial charge on any atom is -0.362 e. The molecule has 0 aliphatic rings. The van der Waals surface area contributed by atoms with E-state index in [2.05, 4.69) is 25.5 Å². The van der Waals surface area contributed by atoms with Crippen LogP contribution in [0.4, 0.5) is 19.0 Å². The molecule has 0 aliphatic heterocycles. The van der Waals surface area contributed by atoms with Crippen LogP contribution < -0.4 is 5.32 Å².